The Hall–Kier alpha value is -0.940. The fourth-order valence-electron chi connectivity index (χ4n) is 3.41. The van der Waals surface area contributed by atoms with Crippen LogP contribution >= 0.6 is 11.3 Å². The predicted octanol–water partition coefficient (Wildman–Crippen LogP) is 2.33. The largest absolute Gasteiger partial charge is 0.341 e. The van der Waals surface area contributed by atoms with Crippen LogP contribution in [0.25, 0.3) is 0 Å². The van der Waals surface area contributed by atoms with Gasteiger partial charge in [-0.2, -0.15) is 0 Å². The zero-order valence-electron chi connectivity index (χ0n) is 12.1. The second-order valence-electron chi connectivity index (χ2n) is 5.99. The minimum atomic E-state index is 0.110. The number of thiazole rings is 1. The third kappa shape index (κ3) is 2.88. The van der Waals surface area contributed by atoms with Gasteiger partial charge in [0.2, 0.25) is 5.91 Å². The molecule has 0 saturated carbocycles. The molecule has 0 N–H and O–H groups in total. The van der Waals surface area contributed by atoms with Gasteiger partial charge < -0.3 is 4.90 Å². The first-order valence-corrected chi connectivity index (χ1v) is 8.52. The van der Waals surface area contributed by atoms with Gasteiger partial charge in [0.1, 0.15) is 0 Å². The van der Waals surface area contributed by atoms with Crippen LogP contribution in [0, 0.1) is 0 Å². The highest BCUT2D eigenvalue weighted by molar-refractivity contribution is 7.09. The van der Waals surface area contributed by atoms with Crippen molar-refractivity contribution in [2.24, 2.45) is 0 Å². The van der Waals surface area contributed by atoms with Crippen LogP contribution in [0.3, 0.4) is 0 Å². The molecule has 0 aliphatic carbocycles. The Kier molecular flexibility index (Phi) is 4.36. The molecule has 20 heavy (non-hydrogen) atoms. The molecule has 2 saturated heterocycles. The Morgan fingerprint density at radius 1 is 1.30 bits per heavy atom. The molecular weight excluding hydrogens is 270 g/mol. The number of amides is 1. The van der Waals surface area contributed by atoms with E-state index in [1.807, 2.05) is 11.6 Å². The standard InChI is InChI=1S/C15H23N3OS/c1-17-8-3-2-6-13(17)15(19)18-9-4-5-12(11-18)14-16-7-10-20-14/h7,10,12-13H,2-6,8-9,11H2,1H3/t12-,13+/m1/s1. The summed E-state index contributed by atoms with van der Waals surface area (Å²) in [6.07, 6.45) is 7.57. The van der Waals surface area contributed by atoms with Crippen molar-refractivity contribution >= 4 is 17.2 Å². The first-order chi connectivity index (χ1) is 9.75. The fraction of sp³-hybridized carbons (Fsp3) is 0.733. The van der Waals surface area contributed by atoms with Crippen molar-refractivity contribution in [2.75, 3.05) is 26.7 Å². The molecule has 0 unspecified atom stereocenters. The number of likely N-dealkylation sites (N-methyl/N-ethyl adjacent to an activating group) is 1. The number of likely N-dealkylation sites (tertiary alicyclic amines) is 2. The Bertz CT molecular complexity index is 448. The fourth-order valence-corrected chi connectivity index (χ4v) is 4.18. The predicted molar refractivity (Wildman–Crippen MR) is 80.9 cm³/mol. The summed E-state index contributed by atoms with van der Waals surface area (Å²) >= 11 is 1.72. The minimum Gasteiger partial charge on any atom is -0.341 e. The van der Waals surface area contributed by atoms with Crippen molar-refractivity contribution in [3.05, 3.63) is 16.6 Å². The molecular formula is C15H23N3OS. The molecule has 0 radical (unpaired) electrons. The Morgan fingerprint density at radius 3 is 2.95 bits per heavy atom. The molecule has 5 heteroatoms. The van der Waals surface area contributed by atoms with E-state index in [9.17, 15) is 4.79 Å². The Morgan fingerprint density at radius 2 is 2.20 bits per heavy atom. The van der Waals surface area contributed by atoms with E-state index in [-0.39, 0.29) is 6.04 Å². The average molecular weight is 293 g/mol. The number of hydrogen-bond donors (Lipinski definition) is 0. The zero-order chi connectivity index (χ0) is 13.9. The molecule has 1 aromatic heterocycles. The van der Waals surface area contributed by atoms with E-state index in [1.54, 1.807) is 11.3 Å². The van der Waals surface area contributed by atoms with Gasteiger partial charge in [0.05, 0.1) is 11.0 Å². The normalized spacial score (nSPS) is 28.6. The zero-order valence-corrected chi connectivity index (χ0v) is 12.9. The lowest BCUT2D eigenvalue weighted by molar-refractivity contribution is -0.138. The topological polar surface area (TPSA) is 36.4 Å². The number of carbonyl (C=O) groups is 1. The molecule has 110 valence electrons. The van der Waals surface area contributed by atoms with Gasteiger partial charge in [0.25, 0.3) is 0 Å². The lowest BCUT2D eigenvalue weighted by Crippen LogP contribution is -2.51. The van der Waals surface area contributed by atoms with Crippen molar-refractivity contribution in [3.63, 3.8) is 0 Å². The molecule has 2 aliphatic rings. The molecule has 1 amide bonds. The van der Waals surface area contributed by atoms with E-state index in [2.05, 4.69) is 21.8 Å². The average Bonchev–Trinajstić information content (AvgIpc) is 3.01. The number of piperidine rings is 2. The van der Waals surface area contributed by atoms with Crippen LogP contribution in [0.2, 0.25) is 0 Å². The monoisotopic (exact) mass is 293 g/mol. The maximum atomic E-state index is 12.7. The summed E-state index contributed by atoms with van der Waals surface area (Å²) in [5, 5.41) is 3.23. The highest BCUT2D eigenvalue weighted by Gasteiger charge is 2.33. The first kappa shape index (κ1) is 14.0. The Balaban J connectivity index is 1.65. The van der Waals surface area contributed by atoms with Crippen molar-refractivity contribution < 1.29 is 4.79 Å². The molecule has 2 aliphatic heterocycles. The van der Waals surface area contributed by atoms with E-state index < -0.39 is 0 Å². The summed E-state index contributed by atoms with van der Waals surface area (Å²) in [6.45, 7) is 2.84. The molecule has 3 heterocycles. The highest BCUT2D eigenvalue weighted by Crippen LogP contribution is 2.29. The first-order valence-electron chi connectivity index (χ1n) is 7.64. The summed E-state index contributed by atoms with van der Waals surface area (Å²) in [7, 11) is 2.09. The maximum Gasteiger partial charge on any atom is 0.239 e. The summed E-state index contributed by atoms with van der Waals surface area (Å²) in [5.74, 6) is 0.787. The second-order valence-corrected chi connectivity index (χ2v) is 6.91. The minimum absolute atomic E-state index is 0.110. The van der Waals surface area contributed by atoms with Gasteiger partial charge in [0, 0.05) is 30.6 Å². The van der Waals surface area contributed by atoms with Crippen LogP contribution in [-0.4, -0.2) is 53.4 Å². The lowest BCUT2D eigenvalue weighted by atomic mass is 9.96. The van der Waals surface area contributed by atoms with E-state index in [0.717, 1.165) is 38.9 Å². The van der Waals surface area contributed by atoms with Crippen LogP contribution in [0.4, 0.5) is 0 Å². The number of hydrogen-bond acceptors (Lipinski definition) is 4. The van der Waals surface area contributed by atoms with E-state index in [4.69, 9.17) is 0 Å². The molecule has 2 atom stereocenters. The molecule has 1 aromatic rings. The van der Waals surface area contributed by atoms with Crippen LogP contribution in [0.1, 0.15) is 43.0 Å². The SMILES string of the molecule is CN1CCCC[C@H]1C(=O)N1CCC[C@@H](c2nccs2)C1. The molecule has 0 bridgehead atoms. The quantitative estimate of drug-likeness (QED) is 0.840. The van der Waals surface area contributed by atoms with E-state index >= 15 is 0 Å². The van der Waals surface area contributed by atoms with Gasteiger partial charge in [-0.1, -0.05) is 6.42 Å². The van der Waals surface area contributed by atoms with Crippen LogP contribution in [0.5, 0.6) is 0 Å². The van der Waals surface area contributed by atoms with Crippen LogP contribution in [-0.2, 0) is 4.79 Å². The van der Waals surface area contributed by atoms with E-state index in [1.165, 1.54) is 17.8 Å². The van der Waals surface area contributed by atoms with Crippen molar-refractivity contribution in [3.8, 4) is 0 Å². The number of rotatable bonds is 2. The van der Waals surface area contributed by atoms with Crippen molar-refractivity contribution in [1.29, 1.82) is 0 Å². The van der Waals surface area contributed by atoms with Crippen LogP contribution < -0.4 is 0 Å². The van der Waals surface area contributed by atoms with Crippen molar-refractivity contribution in [2.45, 2.75) is 44.1 Å². The van der Waals surface area contributed by atoms with Gasteiger partial charge >= 0.3 is 0 Å². The smallest absolute Gasteiger partial charge is 0.239 e. The van der Waals surface area contributed by atoms with Gasteiger partial charge in [0.15, 0.2) is 0 Å². The molecule has 2 fully saturated rings. The molecule has 0 spiro atoms. The second kappa shape index (κ2) is 6.22. The highest BCUT2D eigenvalue weighted by atomic mass is 32.1. The maximum absolute atomic E-state index is 12.7. The van der Waals surface area contributed by atoms with Gasteiger partial charge in [-0.25, -0.2) is 4.98 Å². The number of carbonyl (C=O) groups excluding carboxylic acids is 1. The number of aromatic nitrogens is 1. The van der Waals surface area contributed by atoms with Gasteiger partial charge in [-0.05, 0) is 39.3 Å². The van der Waals surface area contributed by atoms with Gasteiger partial charge in [-0.3, -0.25) is 9.69 Å². The lowest BCUT2D eigenvalue weighted by Gasteiger charge is -2.38. The summed E-state index contributed by atoms with van der Waals surface area (Å²) < 4.78 is 0. The summed E-state index contributed by atoms with van der Waals surface area (Å²) in [5.41, 5.74) is 0. The van der Waals surface area contributed by atoms with E-state index in [0.29, 0.717) is 11.8 Å². The molecule has 3 rings (SSSR count). The molecule has 0 aromatic carbocycles. The molecule has 4 nitrogen and oxygen atoms in total. The summed E-state index contributed by atoms with van der Waals surface area (Å²) in [4.78, 5) is 21.5. The third-order valence-corrected chi connectivity index (χ3v) is 5.53. The van der Waals surface area contributed by atoms with Gasteiger partial charge in [-0.15, -0.1) is 11.3 Å². The summed E-state index contributed by atoms with van der Waals surface area (Å²) in [6, 6.07) is 0.110. The number of nitrogens with zero attached hydrogens (tertiary/aromatic N) is 3. The van der Waals surface area contributed by atoms with Crippen molar-refractivity contribution in [1.82, 2.24) is 14.8 Å². The Labute approximate surface area is 124 Å². The third-order valence-electron chi connectivity index (χ3n) is 4.59. The van der Waals surface area contributed by atoms with Crippen LogP contribution in [0.15, 0.2) is 11.6 Å².